The number of nitrogens with zero attached hydrogens (tertiary/aromatic N) is 4. The van der Waals surface area contributed by atoms with Gasteiger partial charge in [0.1, 0.15) is 29.3 Å². The van der Waals surface area contributed by atoms with Crippen LogP contribution in [0.25, 0.3) is 11.3 Å². The smallest absolute Gasteiger partial charge is 0.280 e. The van der Waals surface area contributed by atoms with E-state index in [9.17, 15) is 18.0 Å². The molecule has 1 aliphatic heterocycles. The largest absolute Gasteiger partial charge is 0.451 e. The summed E-state index contributed by atoms with van der Waals surface area (Å²) in [5.74, 6) is -3.14. The first-order valence-corrected chi connectivity index (χ1v) is 8.52. The molecule has 1 aromatic carbocycles. The Morgan fingerprint density at radius 3 is 2.53 bits per heavy atom. The number of hydrogen-bond acceptors (Lipinski definition) is 6. The van der Waals surface area contributed by atoms with Crippen molar-refractivity contribution in [2.24, 2.45) is 10.7 Å². The first kappa shape index (κ1) is 19.6. The minimum absolute atomic E-state index is 0.0441. The number of guanidine groups is 1. The van der Waals surface area contributed by atoms with Crippen molar-refractivity contribution in [1.29, 1.82) is 0 Å². The van der Waals surface area contributed by atoms with Gasteiger partial charge in [0, 0.05) is 30.4 Å². The highest BCUT2D eigenvalue weighted by atomic mass is 19.3. The van der Waals surface area contributed by atoms with E-state index in [1.807, 2.05) is 0 Å². The van der Waals surface area contributed by atoms with Crippen LogP contribution in [-0.4, -0.2) is 33.8 Å². The fourth-order valence-corrected chi connectivity index (χ4v) is 3.32. The average Bonchev–Trinajstić information content (AvgIpc) is 3.32. The topological polar surface area (TPSA) is 97.6 Å². The first-order valence-electron chi connectivity index (χ1n) is 8.52. The van der Waals surface area contributed by atoms with Crippen molar-refractivity contribution < 1.29 is 26.8 Å². The molecule has 1 atom stereocenters. The number of carbonyl (C=O) groups is 1. The summed E-state index contributed by atoms with van der Waals surface area (Å²) < 4.78 is 60.8. The van der Waals surface area contributed by atoms with Crippen LogP contribution in [0, 0.1) is 11.6 Å². The Morgan fingerprint density at radius 2 is 1.93 bits per heavy atom. The van der Waals surface area contributed by atoms with Gasteiger partial charge in [-0.05, 0) is 23.8 Å². The maximum Gasteiger partial charge on any atom is 0.280 e. The van der Waals surface area contributed by atoms with Gasteiger partial charge in [0.05, 0.1) is 0 Å². The number of nitrogens with two attached hydrogens (primary N) is 1. The van der Waals surface area contributed by atoms with Crippen LogP contribution in [0.1, 0.15) is 23.2 Å². The SMILES string of the molecule is CN1C(=O)C(c2ccnc(C(F)F)c2)(c2cc(-c3cocn3)c(F)cc2F)N=C1N. The Kier molecular flexibility index (Phi) is 4.52. The molecule has 0 saturated heterocycles. The molecule has 3 heterocycles. The standard InChI is InChI=1S/C19H13F4N5O2/c1-28-17(29)19(27-18(28)24,9-2-3-25-14(4-9)16(22)23)11-5-10(12(20)6-13(11)21)15-7-30-8-26-15/h2-8,16H,1H3,(H2,24,27). The molecule has 30 heavy (non-hydrogen) atoms. The predicted molar refractivity (Wildman–Crippen MR) is 96.2 cm³/mol. The molecular formula is C19H13F4N5O2. The van der Waals surface area contributed by atoms with E-state index < -0.39 is 35.2 Å². The van der Waals surface area contributed by atoms with Crippen LogP contribution in [0.2, 0.25) is 0 Å². The number of alkyl halides is 2. The van der Waals surface area contributed by atoms with Crippen molar-refractivity contribution in [2.75, 3.05) is 7.05 Å². The van der Waals surface area contributed by atoms with E-state index in [0.717, 1.165) is 35.9 Å². The Morgan fingerprint density at radius 1 is 1.17 bits per heavy atom. The van der Waals surface area contributed by atoms with Gasteiger partial charge in [-0.15, -0.1) is 0 Å². The van der Waals surface area contributed by atoms with Gasteiger partial charge in [0.15, 0.2) is 17.9 Å². The maximum absolute atomic E-state index is 15.0. The van der Waals surface area contributed by atoms with Crippen LogP contribution in [0.3, 0.4) is 0 Å². The molecule has 0 aliphatic carbocycles. The van der Waals surface area contributed by atoms with E-state index in [0.29, 0.717) is 6.07 Å². The third-order valence-electron chi connectivity index (χ3n) is 4.82. The van der Waals surface area contributed by atoms with E-state index in [4.69, 9.17) is 10.2 Å². The lowest BCUT2D eigenvalue weighted by Crippen LogP contribution is -2.41. The molecule has 4 rings (SSSR count). The van der Waals surface area contributed by atoms with Gasteiger partial charge >= 0.3 is 0 Å². The van der Waals surface area contributed by atoms with Crippen LogP contribution in [0.5, 0.6) is 0 Å². The van der Waals surface area contributed by atoms with E-state index in [2.05, 4.69) is 15.0 Å². The van der Waals surface area contributed by atoms with Crippen LogP contribution in [0.4, 0.5) is 17.6 Å². The molecule has 2 N–H and O–H groups in total. The number of amides is 1. The summed E-state index contributed by atoms with van der Waals surface area (Å²) in [7, 11) is 1.30. The summed E-state index contributed by atoms with van der Waals surface area (Å²) in [4.78, 5) is 25.7. The van der Waals surface area contributed by atoms with Crippen molar-refractivity contribution in [3.05, 3.63) is 71.6 Å². The summed E-state index contributed by atoms with van der Waals surface area (Å²) in [6.07, 6.45) is 0.293. The van der Waals surface area contributed by atoms with Crippen molar-refractivity contribution in [3.63, 3.8) is 0 Å². The maximum atomic E-state index is 15.0. The molecular weight excluding hydrogens is 406 g/mol. The van der Waals surface area contributed by atoms with Crippen molar-refractivity contribution >= 4 is 11.9 Å². The Hall–Kier alpha value is -3.76. The van der Waals surface area contributed by atoms with Crippen LogP contribution < -0.4 is 5.73 Å². The zero-order chi connectivity index (χ0) is 21.6. The number of pyridine rings is 1. The minimum atomic E-state index is -2.94. The quantitative estimate of drug-likeness (QED) is 0.656. The molecule has 7 nitrogen and oxygen atoms in total. The molecule has 1 unspecified atom stereocenters. The lowest BCUT2D eigenvalue weighted by Gasteiger charge is -2.27. The second kappa shape index (κ2) is 6.94. The lowest BCUT2D eigenvalue weighted by atomic mass is 9.81. The van der Waals surface area contributed by atoms with E-state index in [-0.39, 0.29) is 28.3 Å². The Bertz CT molecular complexity index is 1170. The van der Waals surface area contributed by atoms with E-state index in [1.54, 1.807) is 0 Å². The number of benzene rings is 1. The zero-order valence-electron chi connectivity index (χ0n) is 15.3. The second-order valence-electron chi connectivity index (χ2n) is 6.50. The minimum Gasteiger partial charge on any atom is -0.451 e. The molecule has 0 spiro atoms. The van der Waals surface area contributed by atoms with E-state index >= 15 is 4.39 Å². The highest BCUT2D eigenvalue weighted by Crippen LogP contribution is 2.42. The third kappa shape index (κ3) is 2.81. The fraction of sp³-hybridized carbons (Fsp3) is 0.158. The number of hydrogen-bond donors (Lipinski definition) is 1. The summed E-state index contributed by atoms with van der Waals surface area (Å²) in [6.45, 7) is 0. The average molecular weight is 419 g/mol. The molecule has 2 aromatic heterocycles. The molecule has 0 fully saturated rings. The van der Waals surface area contributed by atoms with Crippen molar-refractivity contribution in [2.45, 2.75) is 12.0 Å². The first-order chi connectivity index (χ1) is 14.3. The van der Waals surface area contributed by atoms with Gasteiger partial charge < -0.3 is 10.2 Å². The lowest BCUT2D eigenvalue weighted by molar-refractivity contribution is -0.129. The summed E-state index contributed by atoms with van der Waals surface area (Å²) >= 11 is 0. The number of halogens is 4. The number of aliphatic imine (C=N–C) groups is 1. The molecule has 1 amide bonds. The van der Waals surface area contributed by atoms with Crippen molar-refractivity contribution in [3.8, 4) is 11.3 Å². The predicted octanol–water partition coefficient (Wildman–Crippen LogP) is 2.98. The second-order valence-corrected chi connectivity index (χ2v) is 6.50. The number of aromatic nitrogens is 2. The van der Waals surface area contributed by atoms with E-state index in [1.165, 1.54) is 13.1 Å². The molecule has 0 radical (unpaired) electrons. The van der Waals surface area contributed by atoms with Crippen LogP contribution in [-0.2, 0) is 10.3 Å². The molecule has 0 bridgehead atoms. The van der Waals surface area contributed by atoms with Crippen LogP contribution in [0.15, 0.2) is 52.5 Å². The highest BCUT2D eigenvalue weighted by Gasteiger charge is 2.51. The molecule has 0 saturated carbocycles. The normalized spacial score (nSPS) is 18.9. The summed E-state index contributed by atoms with van der Waals surface area (Å²) in [5.41, 5.74) is 2.41. The molecule has 154 valence electrons. The van der Waals surface area contributed by atoms with Crippen molar-refractivity contribution in [1.82, 2.24) is 14.9 Å². The van der Waals surface area contributed by atoms with Gasteiger partial charge in [-0.25, -0.2) is 27.5 Å². The summed E-state index contributed by atoms with van der Waals surface area (Å²) in [6, 6.07) is 3.79. The summed E-state index contributed by atoms with van der Waals surface area (Å²) in [5, 5.41) is 0. The fourth-order valence-electron chi connectivity index (χ4n) is 3.32. The van der Waals surface area contributed by atoms with Gasteiger partial charge in [-0.1, -0.05) is 0 Å². The Balaban J connectivity index is 2.03. The molecule has 11 heteroatoms. The monoisotopic (exact) mass is 419 g/mol. The highest BCUT2D eigenvalue weighted by molar-refractivity contribution is 6.09. The van der Waals surface area contributed by atoms with Gasteiger partial charge in [0.25, 0.3) is 12.3 Å². The number of rotatable bonds is 4. The van der Waals surface area contributed by atoms with Gasteiger partial charge in [0.2, 0.25) is 0 Å². The molecule has 3 aromatic rings. The number of carbonyl (C=O) groups excluding carboxylic acids is 1. The van der Waals surface area contributed by atoms with Gasteiger partial charge in [-0.3, -0.25) is 14.7 Å². The zero-order valence-corrected chi connectivity index (χ0v) is 15.3. The third-order valence-corrected chi connectivity index (χ3v) is 4.82. The molecule has 1 aliphatic rings. The Labute approximate surface area is 166 Å². The van der Waals surface area contributed by atoms with Gasteiger partial charge in [-0.2, -0.15) is 0 Å². The number of oxazole rings is 1. The number of likely N-dealkylation sites (N-methyl/N-ethyl adjacent to an activating group) is 1. The van der Waals surface area contributed by atoms with Crippen LogP contribution >= 0.6 is 0 Å².